The van der Waals surface area contributed by atoms with Crippen LogP contribution in [0.2, 0.25) is 19.6 Å². The molecule has 0 spiro atoms. The summed E-state index contributed by atoms with van der Waals surface area (Å²) in [4.78, 5) is 3.36. The Morgan fingerprint density at radius 1 is 1.40 bits per heavy atom. The van der Waals surface area contributed by atoms with E-state index >= 15 is 0 Å². The van der Waals surface area contributed by atoms with Gasteiger partial charge in [-0.3, -0.25) is 0 Å². The van der Waals surface area contributed by atoms with Gasteiger partial charge in [0.2, 0.25) is 0 Å². The molecule has 2 N–H and O–H groups in total. The van der Waals surface area contributed by atoms with Gasteiger partial charge in [0.05, 0.1) is 6.10 Å². The molecule has 0 saturated carbocycles. The first kappa shape index (κ1) is 10.1. The zero-order chi connectivity index (χ0) is 8.20. The normalized spacial score (nSPS) is 15.3. The van der Waals surface area contributed by atoms with Gasteiger partial charge in [0.15, 0.2) is 0 Å². The van der Waals surface area contributed by atoms with Gasteiger partial charge < -0.3 is 10.1 Å². The van der Waals surface area contributed by atoms with Crippen molar-refractivity contribution in [2.45, 2.75) is 39.1 Å². The van der Waals surface area contributed by atoms with Crippen LogP contribution in [0, 0.1) is 0 Å². The number of nitrogens with one attached hydrogen (secondary N) is 1. The molecule has 1 atom stereocenters. The van der Waals surface area contributed by atoms with Crippen LogP contribution in [0.1, 0.15) is 13.3 Å². The largest absolute Gasteiger partial charge is 0.392 e. The second-order valence-electron chi connectivity index (χ2n) is 3.69. The number of hydrogen-bond donors (Lipinski definition) is 2. The van der Waals surface area contributed by atoms with E-state index < -0.39 is 8.24 Å². The Morgan fingerprint density at radius 2 is 1.90 bits per heavy atom. The average molecular weight is 161 g/mol. The fraction of sp³-hybridized carbons (Fsp3) is 1.00. The Morgan fingerprint density at radius 3 is 2.20 bits per heavy atom. The van der Waals surface area contributed by atoms with E-state index in [-0.39, 0.29) is 6.10 Å². The summed E-state index contributed by atoms with van der Waals surface area (Å²) in [5, 5.41) is 9.18. The van der Waals surface area contributed by atoms with Crippen molar-refractivity contribution in [3.05, 3.63) is 0 Å². The highest BCUT2D eigenvalue weighted by atomic mass is 28.3. The molecule has 0 heterocycles. The minimum absolute atomic E-state index is 0.160. The lowest BCUT2D eigenvalue weighted by atomic mass is 10.3. The van der Waals surface area contributed by atoms with Gasteiger partial charge in [-0.1, -0.05) is 26.6 Å². The van der Waals surface area contributed by atoms with E-state index in [0.29, 0.717) is 0 Å². The van der Waals surface area contributed by atoms with E-state index in [1.54, 1.807) is 0 Å². The summed E-state index contributed by atoms with van der Waals surface area (Å²) in [5.74, 6) is 0. The molecule has 2 nitrogen and oxygen atoms in total. The zero-order valence-corrected chi connectivity index (χ0v) is 8.44. The molecule has 0 aromatic carbocycles. The Kier molecular flexibility index (Phi) is 4.16. The van der Waals surface area contributed by atoms with Gasteiger partial charge >= 0.3 is 0 Å². The van der Waals surface area contributed by atoms with Crippen molar-refractivity contribution in [1.82, 2.24) is 4.98 Å². The molecule has 0 aliphatic heterocycles. The average Bonchev–Trinajstić information content (AvgIpc) is 1.81. The SMILES string of the molecule is CCC(O)CN[Si](C)(C)C. The minimum Gasteiger partial charge on any atom is -0.392 e. The topological polar surface area (TPSA) is 32.3 Å². The van der Waals surface area contributed by atoms with E-state index in [0.717, 1.165) is 13.0 Å². The number of hydrogen-bond acceptors (Lipinski definition) is 2. The molecule has 0 aliphatic carbocycles. The molecule has 0 aromatic rings. The highest BCUT2D eigenvalue weighted by Gasteiger charge is 2.13. The highest BCUT2D eigenvalue weighted by Crippen LogP contribution is 1.95. The lowest BCUT2D eigenvalue weighted by Gasteiger charge is -2.19. The van der Waals surface area contributed by atoms with Crippen LogP contribution in [0.15, 0.2) is 0 Å². The van der Waals surface area contributed by atoms with Crippen LogP contribution in [0.5, 0.6) is 0 Å². The molecule has 0 amide bonds. The summed E-state index contributed by atoms with van der Waals surface area (Å²) in [5.41, 5.74) is 0. The van der Waals surface area contributed by atoms with Crippen LogP contribution in [-0.4, -0.2) is 26.0 Å². The van der Waals surface area contributed by atoms with E-state index in [2.05, 4.69) is 24.6 Å². The first-order valence-electron chi connectivity index (χ1n) is 3.89. The van der Waals surface area contributed by atoms with Crippen molar-refractivity contribution < 1.29 is 5.11 Å². The van der Waals surface area contributed by atoms with Crippen LogP contribution in [0.4, 0.5) is 0 Å². The summed E-state index contributed by atoms with van der Waals surface area (Å²) in [6.45, 7) is 9.45. The molecule has 62 valence electrons. The quantitative estimate of drug-likeness (QED) is 0.607. The number of aliphatic hydroxyl groups is 1. The van der Waals surface area contributed by atoms with E-state index in [4.69, 9.17) is 0 Å². The van der Waals surface area contributed by atoms with Crippen LogP contribution < -0.4 is 4.98 Å². The number of rotatable bonds is 4. The third-order valence-electron chi connectivity index (χ3n) is 1.34. The predicted molar refractivity (Wildman–Crippen MR) is 47.6 cm³/mol. The molecule has 0 fully saturated rings. The second-order valence-corrected chi connectivity index (χ2v) is 8.55. The fourth-order valence-corrected chi connectivity index (χ4v) is 1.42. The van der Waals surface area contributed by atoms with Gasteiger partial charge in [0.1, 0.15) is 8.24 Å². The van der Waals surface area contributed by atoms with Crippen LogP contribution in [0.25, 0.3) is 0 Å². The van der Waals surface area contributed by atoms with Crippen molar-refractivity contribution in [3.8, 4) is 0 Å². The second kappa shape index (κ2) is 4.11. The molecule has 0 aliphatic rings. The molecule has 10 heavy (non-hydrogen) atoms. The molecule has 0 bridgehead atoms. The van der Waals surface area contributed by atoms with Gasteiger partial charge in [0.25, 0.3) is 0 Å². The lowest BCUT2D eigenvalue weighted by Crippen LogP contribution is -2.45. The monoisotopic (exact) mass is 161 g/mol. The van der Waals surface area contributed by atoms with E-state index in [1.807, 2.05) is 6.92 Å². The maximum Gasteiger partial charge on any atom is 0.116 e. The third kappa shape index (κ3) is 6.26. The van der Waals surface area contributed by atoms with E-state index in [1.165, 1.54) is 0 Å². The van der Waals surface area contributed by atoms with Crippen LogP contribution in [0.3, 0.4) is 0 Å². The Bertz CT molecular complexity index is 90.1. The minimum atomic E-state index is -1.15. The highest BCUT2D eigenvalue weighted by molar-refractivity contribution is 6.73. The molecule has 0 rings (SSSR count). The predicted octanol–water partition coefficient (Wildman–Crippen LogP) is 1.18. The summed E-state index contributed by atoms with van der Waals surface area (Å²) < 4.78 is 0. The van der Waals surface area contributed by atoms with Crippen molar-refractivity contribution in [2.75, 3.05) is 6.54 Å². The first-order valence-corrected chi connectivity index (χ1v) is 7.39. The Hall–Kier alpha value is 0.137. The summed E-state index contributed by atoms with van der Waals surface area (Å²) in [7, 11) is -1.15. The van der Waals surface area contributed by atoms with Crippen molar-refractivity contribution in [3.63, 3.8) is 0 Å². The van der Waals surface area contributed by atoms with Gasteiger partial charge in [-0.15, -0.1) is 0 Å². The molecule has 0 saturated heterocycles. The lowest BCUT2D eigenvalue weighted by molar-refractivity contribution is 0.173. The van der Waals surface area contributed by atoms with Crippen LogP contribution >= 0.6 is 0 Å². The fourth-order valence-electron chi connectivity index (χ4n) is 0.568. The smallest absolute Gasteiger partial charge is 0.116 e. The first-order chi connectivity index (χ1) is 4.45. The van der Waals surface area contributed by atoms with Gasteiger partial charge in [-0.25, -0.2) is 0 Å². The maximum atomic E-state index is 9.18. The van der Waals surface area contributed by atoms with Crippen molar-refractivity contribution in [1.29, 1.82) is 0 Å². The van der Waals surface area contributed by atoms with Crippen molar-refractivity contribution >= 4 is 8.24 Å². The number of aliphatic hydroxyl groups excluding tert-OH is 1. The molecule has 3 heteroatoms. The van der Waals surface area contributed by atoms with E-state index in [9.17, 15) is 5.11 Å². The Labute approximate surface area is 64.7 Å². The summed E-state index contributed by atoms with van der Waals surface area (Å²) >= 11 is 0. The zero-order valence-electron chi connectivity index (χ0n) is 7.44. The Balaban J connectivity index is 3.36. The third-order valence-corrected chi connectivity index (χ3v) is 2.60. The van der Waals surface area contributed by atoms with Gasteiger partial charge in [-0.2, -0.15) is 0 Å². The maximum absolute atomic E-state index is 9.18. The molecule has 0 aromatic heterocycles. The van der Waals surface area contributed by atoms with Gasteiger partial charge in [0, 0.05) is 6.54 Å². The molecule has 1 unspecified atom stereocenters. The van der Waals surface area contributed by atoms with Crippen LogP contribution in [-0.2, 0) is 0 Å². The van der Waals surface area contributed by atoms with Crippen molar-refractivity contribution in [2.24, 2.45) is 0 Å². The van der Waals surface area contributed by atoms with Gasteiger partial charge in [-0.05, 0) is 6.42 Å². The molecular weight excluding hydrogens is 142 g/mol. The molecular formula is C7H19NOSi. The standard InChI is InChI=1S/C7H19NOSi/c1-5-7(9)6-8-10(2,3)4/h7-9H,5-6H2,1-4H3. The summed E-state index contributed by atoms with van der Waals surface area (Å²) in [6.07, 6.45) is 0.684. The molecule has 0 radical (unpaired) electrons. The summed E-state index contributed by atoms with van der Waals surface area (Å²) in [6, 6.07) is 0.